The first kappa shape index (κ1) is 15.5. The van der Waals surface area contributed by atoms with E-state index in [1.807, 2.05) is 34.6 Å². The summed E-state index contributed by atoms with van der Waals surface area (Å²) in [4.78, 5) is 35.6. The molecule has 0 aliphatic carbocycles. The third kappa shape index (κ3) is 3.68. The van der Waals surface area contributed by atoms with Gasteiger partial charge in [-0.05, 0) is 17.3 Å². The fourth-order valence-corrected chi connectivity index (χ4v) is 3.02. The van der Waals surface area contributed by atoms with Gasteiger partial charge in [0.25, 0.3) is 0 Å². The monoisotopic (exact) mass is 270 g/mol. The Morgan fingerprint density at radius 2 is 1.84 bits per heavy atom. The third-order valence-electron chi connectivity index (χ3n) is 3.09. The van der Waals surface area contributed by atoms with Crippen molar-refractivity contribution in [2.75, 3.05) is 6.54 Å². The summed E-state index contributed by atoms with van der Waals surface area (Å²) in [5.41, 5.74) is -0.705. The molecule has 6 heteroatoms. The van der Waals surface area contributed by atoms with E-state index in [2.05, 4.69) is 5.32 Å². The normalized spacial score (nSPS) is 18.5. The Bertz CT molecular complexity index is 409. The molecule has 0 aromatic heterocycles. The van der Waals surface area contributed by atoms with Crippen LogP contribution in [0.1, 0.15) is 41.0 Å². The van der Waals surface area contributed by atoms with E-state index in [0.717, 1.165) is 4.90 Å². The Labute approximate surface area is 113 Å². The molecular formula is C13H22N2O4. The molecule has 1 fully saturated rings. The van der Waals surface area contributed by atoms with Gasteiger partial charge in [-0.25, -0.2) is 9.59 Å². The number of aliphatic carboxylic acids is 1. The van der Waals surface area contributed by atoms with Crippen molar-refractivity contribution in [2.24, 2.45) is 10.8 Å². The molecule has 0 saturated carbocycles. The van der Waals surface area contributed by atoms with Crippen LogP contribution in [0.5, 0.6) is 0 Å². The van der Waals surface area contributed by atoms with Crippen LogP contribution in [-0.4, -0.2) is 40.5 Å². The molecule has 0 spiro atoms. The van der Waals surface area contributed by atoms with Gasteiger partial charge in [-0.1, -0.05) is 34.6 Å². The molecule has 108 valence electrons. The maximum atomic E-state index is 11.7. The fraction of sp³-hybridized carbons (Fsp3) is 0.769. The van der Waals surface area contributed by atoms with Crippen molar-refractivity contribution < 1.29 is 19.5 Å². The number of carboxylic acids is 1. The van der Waals surface area contributed by atoms with Crippen molar-refractivity contribution in [3.63, 3.8) is 0 Å². The fourth-order valence-electron chi connectivity index (χ4n) is 3.02. The lowest BCUT2D eigenvalue weighted by atomic mass is 9.71. The summed E-state index contributed by atoms with van der Waals surface area (Å²) in [5, 5.41) is 11.6. The largest absolute Gasteiger partial charge is 0.480 e. The first-order valence-electron chi connectivity index (χ1n) is 6.27. The van der Waals surface area contributed by atoms with Crippen molar-refractivity contribution in [1.82, 2.24) is 10.2 Å². The van der Waals surface area contributed by atoms with E-state index in [9.17, 15) is 19.5 Å². The predicted octanol–water partition coefficient (Wildman–Crippen LogP) is 1.45. The van der Waals surface area contributed by atoms with E-state index in [1.54, 1.807) is 0 Å². The minimum Gasteiger partial charge on any atom is -0.480 e. The molecule has 3 amide bonds. The Balaban J connectivity index is 3.04. The van der Waals surface area contributed by atoms with E-state index in [-0.39, 0.29) is 12.0 Å². The molecule has 0 unspecified atom stereocenters. The topological polar surface area (TPSA) is 86.7 Å². The van der Waals surface area contributed by atoms with Crippen LogP contribution in [0.3, 0.4) is 0 Å². The Morgan fingerprint density at radius 1 is 1.32 bits per heavy atom. The van der Waals surface area contributed by atoms with Crippen LogP contribution >= 0.6 is 0 Å². The Morgan fingerprint density at radius 3 is 2.16 bits per heavy atom. The van der Waals surface area contributed by atoms with Gasteiger partial charge in [-0.3, -0.25) is 10.1 Å². The molecular weight excluding hydrogens is 248 g/mol. The smallest absolute Gasteiger partial charge is 0.327 e. The highest BCUT2D eigenvalue weighted by molar-refractivity contribution is 6.03. The van der Waals surface area contributed by atoms with Gasteiger partial charge >= 0.3 is 12.0 Å². The van der Waals surface area contributed by atoms with Crippen molar-refractivity contribution in [3.05, 3.63) is 0 Å². The molecule has 6 nitrogen and oxygen atoms in total. The number of carboxylic acid groups (broad SMARTS) is 1. The van der Waals surface area contributed by atoms with E-state index >= 15 is 0 Å². The number of hydrogen-bond acceptors (Lipinski definition) is 3. The maximum absolute atomic E-state index is 11.7. The van der Waals surface area contributed by atoms with Crippen LogP contribution < -0.4 is 5.32 Å². The second-order valence-corrected chi connectivity index (χ2v) is 6.95. The number of rotatable bonds is 4. The Kier molecular flexibility index (Phi) is 3.93. The van der Waals surface area contributed by atoms with Crippen LogP contribution in [0.4, 0.5) is 4.79 Å². The summed E-state index contributed by atoms with van der Waals surface area (Å²) in [6, 6.07) is -1.64. The molecule has 1 heterocycles. The van der Waals surface area contributed by atoms with E-state index < -0.39 is 29.4 Å². The summed E-state index contributed by atoms with van der Waals surface area (Å²) < 4.78 is 0. The molecule has 1 aliphatic rings. The zero-order valence-corrected chi connectivity index (χ0v) is 12.1. The lowest BCUT2D eigenvalue weighted by molar-refractivity contribution is -0.147. The second kappa shape index (κ2) is 4.83. The van der Waals surface area contributed by atoms with Gasteiger partial charge in [0.15, 0.2) is 0 Å². The molecule has 0 aromatic carbocycles. The first-order valence-corrected chi connectivity index (χ1v) is 6.27. The highest BCUT2D eigenvalue weighted by Crippen LogP contribution is 2.38. The number of amides is 3. The maximum Gasteiger partial charge on any atom is 0.327 e. The highest BCUT2D eigenvalue weighted by atomic mass is 16.4. The quantitative estimate of drug-likeness (QED) is 0.757. The van der Waals surface area contributed by atoms with Crippen molar-refractivity contribution in [3.8, 4) is 0 Å². The number of nitrogens with zero attached hydrogens (tertiary/aromatic N) is 1. The zero-order valence-electron chi connectivity index (χ0n) is 12.1. The van der Waals surface area contributed by atoms with E-state index in [1.165, 1.54) is 0 Å². The number of urea groups is 1. The molecule has 1 rings (SSSR count). The second-order valence-electron chi connectivity index (χ2n) is 6.95. The van der Waals surface area contributed by atoms with Gasteiger partial charge in [-0.2, -0.15) is 0 Å². The average molecular weight is 270 g/mol. The van der Waals surface area contributed by atoms with Gasteiger partial charge < -0.3 is 10.0 Å². The van der Waals surface area contributed by atoms with Crippen molar-refractivity contribution in [1.29, 1.82) is 0 Å². The molecule has 0 aromatic rings. The lowest BCUT2D eigenvalue weighted by Gasteiger charge is -2.40. The first-order chi connectivity index (χ1) is 8.44. The minimum atomic E-state index is -1.08. The van der Waals surface area contributed by atoms with E-state index in [4.69, 9.17) is 0 Å². The van der Waals surface area contributed by atoms with Gasteiger partial charge in [0.2, 0.25) is 5.91 Å². The van der Waals surface area contributed by atoms with Crippen LogP contribution in [0.2, 0.25) is 0 Å². The number of nitrogens with one attached hydrogen (secondary N) is 1. The SMILES string of the molecule is CC(C)(C)CC(C)(C)[C@@H](C(=O)O)N1CC(=O)NC1=O. The van der Waals surface area contributed by atoms with Crippen LogP contribution in [0.25, 0.3) is 0 Å². The molecule has 0 bridgehead atoms. The van der Waals surface area contributed by atoms with E-state index in [0.29, 0.717) is 6.42 Å². The number of carbonyl (C=O) groups excluding carboxylic acids is 2. The molecule has 2 N–H and O–H groups in total. The molecule has 1 atom stereocenters. The zero-order chi connectivity index (χ0) is 15.0. The number of hydrogen-bond donors (Lipinski definition) is 2. The van der Waals surface area contributed by atoms with Crippen LogP contribution in [-0.2, 0) is 9.59 Å². The summed E-state index contributed by atoms with van der Waals surface area (Å²) in [6.07, 6.45) is 0.620. The third-order valence-corrected chi connectivity index (χ3v) is 3.09. The summed E-state index contributed by atoms with van der Waals surface area (Å²) in [5.74, 6) is -1.54. The highest BCUT2D eigenvalue weighted by Gasteiger charge is 2.46. The minimum absolute atomic E-state index is 0.0720. The predicted molar refractivity (Wildman–Crippen MR) is 69.5 cm³/mol. The molecule has 1 aliphatic heterocycles. The van der Waals surface area contributed by atoms with Gasteiger partial charge in [-0.15, -0.1) is 0 Å². The van der Waals surface area contributed by atoms with Crippen LogP contribution in [0.15, 0.2) is 0 Å². The van der Waals surface area contributed by atoms with Crippen molar-refractivity contribution in [2.45, 2.75) is 47.1 Å². The molecule has 0 radical (unpaired) electrons. The number of imide groups is 1. The molecule has 1 saturated heterocycles. The van der Waals surface area contributed by atoms with Crippen LogP contribution in [0, 0.1) is 10.8 Å². The summed E-state index contributed by atoms with van der Waals surface area (Å²) in [7, 11) is 0. The lowest BCUT2D eigenvalue weighted by Crippen LogP contribution is -2.52. The van der Waals surface area contributed by atoms with Crippen molar-refractivity contribution >= 4 is 17.9 Å². The Hall–Kier alpha value is -1.59. The average Bonchev–Trinajstić information content (AvgIpc) is 2.39. The summed E-state index contributed by atoms with van der Waals surface area (Å²) in [6.45, 7) is 9.48. The standard InChI is InChI=1S/C13H22N2O4/c1-12(2,3)7-13(4,5)9(10(17)18)15-6-8(16)14-11(15)19/h9H,6-7H2,1-5H3,(H,17,18)(H,14,16,19)/t9-/m1/s1. The number of carbonyl (C=O) groups is 3. The summed E-state index contributed by atoms with van der Waals surface area (Å²) >= 11 is 0. The van der Waals surface area contributed by atoms with Gasteiger partial charge in [0, 0.05) is 0 Å². The van der Waals surface area contributed by atoms with Gasteiger partial charge in [0.05, 0.1) is 0 Å². The molecule has 19 heavy (non-hydrogen) atoms. The van der Waals surface area contributed by atoms with Gasteiger partial charge in [0.1, 0.15) is 12.6 Å².